The van der Waals surface area contributed by atoms with Crippen LogP contribution in [0, 0.1) is 5.41 Å². The van der Waals surface area contributed by atoms with Crippen molar-refractivity contribution < 1.29 is 9.59 Å². The zero-order chi connectivity index (χ0) is 16.3. The highest BCUT2D eigenvalue weighted by atomic mass is 79.9. The molecule has 120 valence electrons. The van der Waals surface area contributed by atoms with E-state index >= 15 is 0 Å². The quantitative estimate of drug-likeness (QED) is 0.806. The van der Waals surface area contributed by atoms with Crippen molar-refractivity contribution in [1.82, 2.24) is 9.80 Å². The van der Waals surface area contributed by atoms with E-state index in [0.29, 0.717) is 38.2 Å². The zero-order valence-corrected chi connectivity index (χ0v) is 15.0. The van der Waals surface area contributed by atoms with Crippen molar-refractivity contribution in [2.24, 2.45) is 5.41 Å². The molecule has 0 radical (unpaired) electrons. The van der Waals surface area contributed by atoms with Gasteiger partial charge in [-0.15, -0.1) is 0 Å². The highest BCUT2D eigenvalue weighted by Crippen LogP contribution is 2.21. The van der Waals surface area contributed by atoms with Crippen LogP contribution in [0.15, 0.2) is 28.7 Å². The Bertz CT molecular complexity index is 541. The van der Waals surface area contributed by atoms with E-state index in [1.165, 1.54) is 0 Å². The standard InChI is InChI=1S/C17H23BrN2O2/c1-17(2,3)12-15(21)19-8-10-20(11-9-19)16(22)13-4-6-14(18)7-5-13/h4-7H,8-12H2,1-3H3. The number of halogens is 1. The molecule has 22 heavy (non-hydrogen) atoms. The maximum absolute atomic E-state index is 12.4. The number of rotatable bonds is 2. The van der Waals surface area contributed by atoms with Gasteiger partial charge in [-0.05, 0) is 29.7 Å². The molecule has 1 saturated heterocycles. The molecule has 1 fully saturated rings. The van der Waals surface area contributed by atoms with Gasteiger partial charge in [0.15, 0.2) is 0 Å². The molecule has 1 aromatic carbocycles. The second-order valence-electron chi connectivity index (χ2n) is 6.92. The minimum atomic E-state index is 0.00145. The second-order valence-corrected chi connectivity index (χ2v) is 7.83. The second kappa shape index (κ2) is 6.82. The molecular formula is C17H23BrN2O2. The van der Waals surface area contributed by atoms with Crippen LogP contribution in [-0.4, -0.2) is 47.8 Å². The van der Waals surface area contributed by atoms with Crippen LogP contribution in [0.3, 0.4) is 0 Å². The van der Waals surface area contributed by atoms with E-state index < -0.39 is 0 Å². The Morgan fingerprint density at radius 2 is 1.50 bits per heavy atom. The van der Waals surface area contributed by atoms with Crippen LogP contribution < -0.4 is 0 Å². The summed E-state index contributed by atoms with van der Waals surface area (Å²) in [6.45, 7) is 8.65. The van der Waals surface area contributed by atoms with E-state index in [4.69, 9.17) is 0 Å². The Balaban J connectivity index is 1.90. The molecular weight excluding hydrogens is 344 g/mol. The molecule has 1 aliphatic rings. The molecule has 0 aromatic heterocycles. The maximum atomic E-state index is 12.4. The van der Waals surface area contributed by atoms with Gasteiger partial charge in [0.25, 0.3) is 5.91 Å². The summed E-state index contributed by atoms with van der Waals surface area (Å²) in [5.41, 5.74) is 0.694. The van der Waals surface area contributed by atoms with Crippen molar-refractivity contribution in [2.45, 2.75) is 27.2 Å². The molecule has 1 aromatic rings. The van der Waals surface area contributed by atoms with Crippen molar-refractivity contribution in [3.63, 3.8) is 0 Å². The number of hydrogen-bond donors (Lipinski definition) is 0. The van der Waals surface area contributed by atoms with E-state index in [1.807, 2.05) is 34.1 Å². The number of piperazine rings is 1. The van der Waals surface area contributed by atoms with E-state index in [-0.39, 0.29) is 17.2 Å². The molecule has 1 heterocycles. The molecule has 0 spiro atoms. The van der Waals surface area contributed by atoms with E-state index in [1.54, 1.807) is 0 Å². The maximum Gasteiger partial charge on any atom is 0.253 e. The SMILES string of the molecule is CC(C)(C)CC(=O)N1CCN(C(=O)c2ccc(Br)cc2)CC1. The van der Waals surface area contributed by atoms with Crippen molar-refractivity contribution >= 4 is 27.7 Å². The zero-order valence-electron chi connectivity index (χ0n) is 13.4. The Morgan fingerprint density at radius 1 is 1.00 bits per heavy atom. The first-order valence-corrected chi connectivity index (χ1v) is 8.38. The Hall–Kier alpha value is -1.36. The van der Waals surface area contributed by atoms with Gasteiger partial charge in [0.05, 0.1) is 0 Å². The Labute approximate surface area is 140 Å². The van der Waals surface area contributed by atoms with Crippen LogP contribution in [-0.2, 0) is 4.79 Å². The number of nitrogens with zero attached hydrogens (tertiary/aromatic N) is 2. The number of hydrogen-bond acceptors (Lipinski definition) is 2. The number of benzene rings is 1. The predicted molar refractivity (Wildman–Crippen MR) is 90.7 cm³/mol. The molecule has 0 unspecified atom stereocenters. The predicted octanol–water partition coefficient (Wildman–Crippen LogP) is 3.17. The molecule has 0 N–H and O–H groups in total. The molecule has 0 aliphatic carbocycles. The van der Waals surface area contributed by atoms with Gasteiger partial charge >= 0.3 is 0 Å². The fraction of sp³-hybridized carbons (Fsp3) is 0.529. The summed E-state index contributed by atoms with van der Waals surface area (Å²) in [5, 5.41) is 0. The Morgan fingerprint density at radius 3 is 2.00 bits per heavy atom. The fourth-order valence-corrected chi connectivity index (χ4v) is 2.76. The lowest BCUT2D eigenvalue weighted by molar-refractivity contribution is -0.134. The molecule has 5 heteroatoms. The number of carbonyl (C=O) groups is 2. The lowest BCUT2D eigenvalue weighted by Gasteiger charge is -2.36. The topological polar surface area (TPSA) is 40.6 Å². The number of carbonyl (C=O) groups excluding carboxylic acids is 2. The van der Waals surface area contributed by atoms with Crippen LogP contribution in [0.25, 0.3) is 0 Å². The first-order chi connectivity index (χ1) is 10.3. The van der Waals surface area contributed by atoms with Gasteiger partial charge in [0.1, 0.15) is 0 Å². The third-order valence-corrected chi connectivity index (χ3v) is 4.22. The highest BCUT2D eigenvalue weighted by molar-refractivity contribution is 9.10. The smallest absolute Gasteiger partial charge is 0.253 e. The highest BCUT2D eigenvalue weighted by Gasteiger charge is 2.27. The van der Waals surface area contributed by atoms with Crippen molar-refractivity contribution in [2.75, 3.05) is 26.2 Å². The van der Waals surface area contributed by atoms with Crippen molar-refractivity contribution in [3.05, 3.63) is 34.3 Å². The third kappa shape index (κ3) is 4.57. The summed E-state index contributed by atoms with van der Waals surface area (Å²) in [7, 11) is 0. The van der Waals surface area contributed by atoms with Gasteiger partial charge in [-0.2, -0.15) is 0 Å². The average Bonchev–Trinajstić information content (AvgIpc) is 2.46. The first kappa shape index (κ1) is 17.0. The molecule has 0 atom stereocenters. The largest absolute Gasteiger partial charge is 0.339 e. The van der Waals surface area contributed by atoms with Crippen LogP contribution in [0.2, 0.25) is 0 Å². The molecule has 1 aliphatic heterocycles. The van der Waals surface area contributed by atoms with E-state index in [2.05, 4.69) is 36.7 Å². The molecule has 0 saturated carbocycles. The monoisotopic (exact) mass is 366 g/mol. The third-order valence-electron chi connectivity index (χ3n) is 3.69. The molecule has 2 rings (SSSR count). The van der Waals surface area contributed by atoms with E-state index in [0.717, 1.165) is 4.47 Å². The van der Waals surface area contributed by atoms with Crippen LogP contribution in [0.1, 0.15) is 37.6 Å². The average molecular weight is 367 g/mol. The van der Waals surface area contributed by atoms with Gasteiger partial charge in [0.2, 0.25) is 5.91 Å². The van der Waals surface area contributed by atoms with Crippen molar-refractivity contribution in [3.8, 4) is 0 Å². The van der Waals surface area contributed by atoms with Gasteiger partial charge in [0, 0.05) is 42.6 Å². The minimum Gasteiger partial charge on any atom is -0.339 e. The minimum absolute atomic E-state index is 0.00145. The lowest BCUT2D eigenvalue weighted by atomic mass is 9.91. The summed E-state index contributed by atoms with van der Waals surface area (Å²) in [4.78, 5) is 28.3. The summed E-state index contributed by atoms with van der Waals surface area (Å²) in [5.74, 6) is 0.221. The van der Waals surface area contributed by atoms with Gasteiger partial charge in [-0.3, -0.25) is 9.59 Å². The van der Waals surface area contributed by atoms with Crippen LogP contribution in [0.5, 0.6) is 0 Å². The normalized spacial score (nSPS) is 15.8. The molecule has 2 amide bonds. The van der Waals surface area contributed by atoms with Gasteiger partial charge < -0.3 is 9.80 Å². The summed E-state index contributed by atoms with van der Waals surface area (Å²) in [6, 6.07) is 7.39. The first-order valence-electron chi connectivity index (χ1n) is 7.59. The summed E-state index contributed by atoms with van der Waals surface area (Å²) < 4.78 is 0.960. The lowest BCUT2D eigenvalue weighted by Crippen LogP contribution is -2.51. The van der Waals surface area contributed by atoms with Crippen LogP contribution in [0.4, 0.5) is 0 Å². The molecule has 0 bridgehead atoms. The summed E-state index contributed by atoms with van der Waals surface area (Å²) in [6.07, 6.45) is 0.549. The summed E-state index contributed by atoms with van der Waals surface area (Å²) >= 11 is 3.37. The number of amides is 2. The van der Waals surface area contributed by atoms with E-state index in [9.17, 15) is 9.59 Å². The molecule has 4 nitrogen and oxygen atoms in total. The van der Waals surface area contributed by atoms with Crippen molar-refractivity contribution in [1.29, 1.82) is 0 Å². The fourth-order valence-electron chi connectivity index (χ4n) is 2.50. The Kier molecular flexibility index (Phi) is 5.27. The van der Waals surface area contributed by atoms with Crippen LogP contribution >= 0.6 is 15.9 Å². The van der Waals surface area contributed by atoms with Gasteiger partial charge in [-0.1, -0.05) is 36.7 Å². The van der Waals surface area contributed by atoms with Gasteiger partial charge in [-0.25, -0.2) is 0 Å².